The molecule has 14 heavy (non-hydrogen) atoms. The molecule has 1 heterocycles. The van der Waals surface area contributed by atoms with Gasteiger partial charge in [-0.1, -0.05) is 6.92 Å². The van der Waals surface area contributed by atoms with Crippen molar-refractivity contribution in [2.75, 3.05) is 13.6 Å². The third kappa shape index (κ3) is 3.12. The second-order valence-corrected chi connectivity index (χ2v) is 4.00. The van der Waals surface area contributed by atoms with E-state index >= 15 is 0 Å². The molecule has 0 radical (unpaired) electrons. The van der Waals surface area contributed by atoms with Gasteiger partial charge in [0.2, 0.25) is 5.91 Å². The van der Waals surface area contributed by atoms with Gasteiger partial charge in [0.1, 0.15) is 0 Å². The Hall–Kier alpha value is -0.870. The lowest BCUT2D eigenvalue weighted by atomic mass is 10.2. The molecule has 0 spiro atoms. The van der Waals surface area contributed by atoms with Crippen LogP contribution in [0.2, 0.25) is 0 Å². The zero-order valence-corrected chi connectivity index (χ0v) is 9.41. The number of thiophene rings is 1. The summed E-state index contributed by atoms with van der Waals surface area (Å²) in [5, 5.41) is 7.78. The van der Waals surface area contributed by atoms with Crippen LogP contribution in [0.15, 0.2) is 11.4 Å². The molecular weight excluding hydrogens is 196 g/mol. The highest BCUT2D eigenvalue weighted by molar-refractivity contribution is 7.10. The quantitative estimate of drug-likeness (QED) is 0.768. The van der Waals surface area contributed by atoms with Gasteiger partial charge in [0.25, 0.3) is 0 Å². The van der Waals surface area contributed by atoms with Gasteiger partial charge >= 0.3 is 0 Å². The van der Waals surface area contributed by atoms with Gasteiger partial charge in [0.15, 0.2) is 0 Å². The van der Waals surface area contributed by atoms with E-state index in [1.165, 1.54) is 10.4 Å². The van der Waals surface area contributed by atoms with Crippen LogP contribution in [-0.2, 0) is 17.8 Å². The molecule has 0 atom stereocenters. The van der Waals surface area contributed by atoms with E-state index in [1.807, 2.05) is 0 Å². The molecule has 1 amide bonds. The van der Waals surface area contributed by atoms with Crippen LogP contribution in [0.5, 0.6) is 0 Å². The van der Waals surface area contributed by atoms with E-state index in [9.17, 15) is 4.79 Å². The minimum atomic E-state index is 0.0274. The summed E-state index contributed by atoms with van der Waals surface area (Å²) in [6.07, 6.45) is 1.06. The number of hydrogen-bond acceptors (Lipinski definition) is 3. The fourth-order valence-corrected chi connectivity index (χ4v) is 2.16. The van der Waals surface area contributed by atoms with Crippen LogP contribution in [0.3, 0.4) is 0 Å². The number of carbonyl (C=O) groups excluding carboxylic acids is 1. The Morgan fingerprint density at radius 1 is 1.57 bits per heavy atom. The second kappa shape index (κ2) is 5.78. The molecule has 0 fully saturated rings. The molecule has 0 unspecified atom stereocenters. The van der Waals surface area contributed by atoms with Crippen LogP contribution in [-0.4, -0.2) is 19.5 Å². The van der Waals surface area contributed by atoms with Crippen molar-refractivity contribution in [1.29, 1.82) is 0 Å². The maximum atomic E-state index is 10.9. The topological polar surface area (TPSA) is 41.1 Å². The Morgan fingerprint density at radius 2 is 2.36 bits per heavy atom. The summed E-state index contributed by atoms with van der Waals surface area (Å²) in [5.74, 6) is 0.0274. The first-order valence-corrected chi connectivity index (χ1v) is 5.62. The molecule has 0 saturated carbocycles. The first kappa shape index (κ1) is 11.2. The number of rotatable bonds is 5. The van der Waals surface area contributed by atoms with Crippen molar-refractivity contribution >= 4 is 17.2 Å². The summed E-state index contributed by atoms with van der Waals surface area (Å²) in [6, 6.07) is 2.14. The fraction of sp³-hybridized carbons (Fsp3) is 0.500. The molecule has 78 valence electrons. The van der Waals surface area contributed by atoms with E-state index < -0.39 is 0 Å². The molecule has 0 aliphatic carbocycles. The Balaban J connectivity index is 2.34. The molecular formula is C10H16N2OS. The summed E-state index contributed by atoms with van der Waals surface area (Å²) in [4.78, 5) is 12.3. The third-order valence-corrected chi connectivity index (χ3v) is 3.03. The van der Waals surface area contributed by atoms with Gasteiger partial charge in [-0.2, -0.15) is 0 Å². The lowest BCUT2D eigenvalue weighted by Gasteiger charge is -2.03. The highest BCUT2D eigenvalue weighted by atomic mass is 32.1. The largest absolute Gasteiger partial charge is 0.358 e. The third-order valence-electron chi connectivity index (χ3n) is 2.07. The maximum Gasteiger partial charge on any atom is 0.233 e. The lowest BCUT2D eigenvalue weighted by Crippen LogP contribution is -2.30. The highest BCUT2D eigenvalue weighted by Gasteiger charge is 2.02. The zero-order valence-electron chi connectivity index (χ0n) is 8.59. The summed E-state index contributed by atoms with van der Waals surface area (Å²) in [7, 11) is 1.65. The van der Waals surface area contributed by atoms with E-state index in [0.717, 1.165) is 13.0 Å². The van der Waals surface area contributed by atoms with Gasteiger partial charge in [0.05, 0.1) is 6.54 Å². The van der Waals surface area contributed by atoms with Crippen LogP contribution >= 0.6 is 11.3 Å². The number of aryl methyl sites for hydroxylation is 1. The number of likely N-dealkylation sites (N-methyl/N-ethyl adjacent to an activating group) is 1. The number of carbonyl (C=O) groups is 1. The van der Waals surface area contributed by atoms with Crippen LogP contribution in [0.25, 0.3) is 0 Å². The lowest BCUT2D eigenvalue weighted by molar-refractivity contribution is -0.119. The van der Waals surface area contributed by atoms with E-state index in [1.54, 1.807) is 18.4 Å². The van der Waals surface area contributed by atoms with Gasteiger partial charge in [-0.3, -0.25) is 4.79 Å². The number of hydrogen-bond donors (Lipinski definition) is 2. The molecule has 0 aliphatic heterocycles. The molecule has 2 N–H and O–H groups in total. The van der Waals surface area contributed by atoms with Crippen LogP contribution < -0.4 is 10.6 Å². The Morgan fingerprint density at radius 3 is 3.00 bits per heavy atom. The smallest absolute Gasteiger partial charge is 0.233 e. The summed E-state index contributed by atoms with van der Waals surface area (Å²) >= 11 is 1.74. The average Bonchev–Trinajstić information content (AvgIpc) is 2.65. The van der Waals surface area contributed by atoms with Crippen LogP contribution in [0, 0.1) is 0 Å². The van der Waals surface area contributed by atoms with Crippen LogP contribution in [0.4, 0.5) is 0 Å². The Kier molecular flexibility index (Phi) is 4.62. The fourth-order valence-electron chi connectivity index (χ4n) is 1.22. The van der Waals surface area contributed by atoms with E-state index in [-0.39, 0.29) is 5.91 Å². The molecule has 1 aromatic heterocycles. The Bertz CT molecular complexity index is 296. The molecule has 0 bridgehead atoms. The summed E-state index contributed by atoms with van der Waals surface area (Å²) in [5.41, 5.74) is 1.37. The SMILES string of the molecule is CCc1ccsc1CNCC(=O)NC. The monoisotopic (exact) mass is 212 g/mol. The molecule has 4 heteroatoms. The van der Waals surface area contributed by atoms with Crippen molar-refractivity contribution in [3.05, 3.63) is 21.9 Å². The predicted octanol–water partition coefficient (Wildman–Crippen LogP) is 1.15. The van der Waals surface area contributed by atoms with E-state index in [4.69, 9.17) is 0 Å². The van der Waals surface area contributed by atoms with E-state index in [2.05, 4.69) is 29.0 Å². The van der Waals surface area contributed by atoms with Crippen molar-refractivity contribution < 1.29 is 4.79 Å². The molecule has 1 aromatic rings. The van der Waals surface area contributed by atoms with Crippen molar-refractivity contribution in [2.24, 2.45) is 0 Å². The van der Waals surface area contributed by atoms with Gasteiger partial charge in [0, 0.05) is 18.5 Å². The Labute approximate surface area is 88.5 Å². The average molecular weight is 212 g/mol. The maximum absolute atomic E-state index is 10.9. The van der Waals surface area contributed by atoms with Gasteiger partial charge in [-0.05, 0) is 23.4 Å². The predicted molar refractivity (Wildman–Crippen MR) is 59.5 cm³/mol. The highest BCUT2D eigenvalue weighted by Crippen LogP contribution is 2.16. The molecule has 0 saturated heterocycles. The van der Waals surface area contributed by atoms with Gasteiger partial charge < -0.3 is 10.6 Å². The first-order chi connectivity index (χ1) is 6.77. The molecule has 0 aliphatic rings. The second-order valence-electron chi connectivity index (χ2n) is 3.00. The summed E-state index contributed by atoms with van der Waals surface area (Å²) < 4.78 is 0. The molecule has 0 aromatic carbocycles. The minimum absolute atomic E-state index is 0.0274. The normalized spacial score (nSPS) is 10.1. The number of amides is 1. The van der Waals surface area contributed by atoms with Crippen molar-refractivity contribution in [2.45, 2.75) is 19.9 Å². The van der Waals surface area contributed by atoms with Crippen LogP contribution in [0.1, 0.15) is 17.4 Å². The van der Waals surface area contributed by atoms with E-state index in [0.29, 0.717) is 6.54 Å². The summed E-state index contributed by atoms with van der Waals surface area (Å²) in [6.45, 7) is 3.32. The first-order valence-electron chi connectivity index (χ1n) is 4.74. The van der Waals surface area contributed by atoms with Gasteiger partial charge in [-0.15, -0.1) is 11.3 Å². The van der Waals surface area contributed by atoms with Crippen molar-refractivity contribution in [3.8, 4) is 0 Å². The minimum Gasteiger partial charge on any atom is -0.358 e. The van der Waals surface area contributed by atoms with Gasteiger partial charge in [-0.25, -0.2) is 0 Å². The molecule has 3 nitrogen and oxygen atoms in total. The molecule has 1 rings (SSSR count). The van der Waals surface area contributed by atoms with Crippen molar-refractivity contribution in [1.82, 2.24) is 10.6 Å². The zero-order chi connectivity index (χ0) is 10.4. The standard InChI is InChI=1S/C10H16N2OS/c1-3-8-4-5-14-9(8)6-12-7-10(13)11-2/h4-5,12H,3,6-7H2,1-2H3,(H,11,13). The van der Waals surface area contributed by atoms with Crippen molar-refractivity contribution in [3.63, 3.8) is 0 Å². The number of nitrogens with one attached hydrogen (secondary N) is 2.